The maximum absolute atomic E-state index is 12.0. The molecule has 5 heteroatoms. The van der Waals surface area contributed by atoms with Crippen LogP contribution in [0.5, 0.6) is 11.5 Å². The quantitative estimate of drug-likeness (QED) is 0.868. The van der Waals surface area contributed by atoms with Crippen LogP contribution in [0.3, 0.4) is 0 Å². The monoisotopic (exact) mass is 299 g/mol. The molecule has 0 saturated heterocycles. The molecule has 2 aromatic rings. The highest BCUT2D eigenvalue weighted by Gasteiger charge is 2.16. The van der Waals surface area contributed by atoms with Crippen LogP contribution < -0.4 is 19.7 Å². The summed E-state index contributed by atoms with van der Waals surface area (Å²) in [6, 6.07) is 15.4. The van der Waals surface area contributed by atoms with Crippen molar-refractivity contribution < 1.29 is 19.2 Å². The second-order valence-corrected chi connectivity index (χ2v) is 5.41. The first-order valence-electron chi connectivity index (χ1n) is 7.25. The lowest BCUT2D eigenvalue weighted by atomic mass is 10.2. The largest absolute Gasteiger partial charge is 0.454 e. The van der Waals surface area contributed by atoms with Gasteiger partial charge in [-0.25, -0.2) is 0 Å². The summed E-state index contributed by atoms with van der Waals surface area (Å²) < 4.78 is 10.7. The Hall–Kier alpha value is -2.53. The predicted octanol–water partition coefficient (Wildman–Crippen LogP) is 1.07. The van der Waals surface area contributed by atoms with E-state index >= 15 is 0 Å². The van der Waals surface area contributed by atoms with E-state index in [9.17, 15) is 4.79 Å². The maximum Gasteiger partial charge on any atom is 0.279 e. The molecule has 2 aromatic carbocycles. The van der Waals surface area contributed by atoms with E-state index < -0.39 is 0 Å². The molecule has 0 saturated carbocycles. The number of rotatable bonds is 5. The van der Waals surface area contributed by atoms with E-state index in [-0.39, 0.29) is 12.7 Å². The van der Waals surface area contributed by atoms with Crippen molar-refractivity contribution in [3.05, 3.63) is 54.1 Å². The maximum atomic E-state index is 12.0. The summed E-state index contributed by atoms with van der Waals surface area (Å²) >= 11 is 0. The molecule has 0 bridgehead atoms. The number of para-hydroxylation sites is 1. The molecule has 0 radical (unpaired) electrons. The number of quaternary nitrogens is 1. The van der Waals surface area contributed by atoms with E-state index in [1.54, 1.807) is 0 Å². The number of amides is 1. The molecule has 114 valence electrons. The van der Waals surface area contributed by atoms with Gasteiger partial charge in [0, 0.05) is 11.3 Å². The van der Waals surface area contributed by atoms with Gasteiger partial charge in [0.1, 0.15) is 6.54 Å². The van der Waals surface area contributed by atoms with Crippen LogP contribution in [-0.4, -0.2) is 26.3 Å². The van der Waals surface area contributed by atoms with E-state index in [4.69, 9.17) is 9.47 Å². The lowest BCUT2D eigenvalue weighted by Crippen LogP contribution is -3.08. The second kappa shape index (κ2) is 6.49. The van der Waals surface area contributed by atoms with E-state index in [2.05, 4.69) is 5.32 Å². The van der Waals surface area contributed by atoms with Crippen molar-refractivity contribution in [1.82, 2.24) is 0 Å². The average molecular weight is 299 g/mol. The zero-order valence-corrected chi connectivity index (χ0v) is 12.5. The van der Waals surface area contributed by atoms with Crippen LogP contribution in [0.25, 0.3) is 0 Å². The number of likely N-dealkylation sites (N-methyl/N-ethyl adjacent to an activating group) is 1. The van der Waals surface area contributed by atoms with Crippen molar-refractivity contribution in [3.8, 4) is 11.5 Å². The van der Waals surface area contributed by atoms with Gasteiger partial charge in [-0.1, -0.05) is 18.2 Å². The molecule has 3 rings (SSSR count). The van der Waals surface area contributed by atoms with Crippen molar-refractivity contribution in [2.75, 3.05) is 25.7 Å². The van der Waals surface area contributed by atoms with Crippen LogP contribution >= 0.6 is 0 Å². The fourth-order valence-electron chi connectivity index (χ4n) is 2.46. The van der Waals surface area contributed by atoms with Crippen LogP contribution in [0, 0.1) is 0 Å². The standard InChI is InChI=1S/C17H18N2O3/c1-19(11-17(20)18-14-5-3-2-4-6-14)10-13-7-8-15-16(9-13)22-12-21-15/h2-9H,10-12H2,1H3,(H,18,20)/p+1. The molecule has 0 fully saturated rings. The van der Waals surface area contributed by atoms with Crippen molar-refractivity contribution in [2.24, 2.45) is 0 Å². The summed E-state index contributed by atoms with van der Waals surface area (Å²) in [5, 5.41) is 2.90. The molecule has 1 amide bonds. The molecule has 1 unspecified atom stereocenters. The highest BCUT2D eigenvalue weighted by Crippen LogP contribution is 2.32. The molecule has 1 aliphatic heterocycles. The zero-order valence-electron chi connectivity index (χ0n) is 12.5. The van der Waals surface area contributed by atoms with E-state index in [1.807, 2.05) is 55.6 Å². The van der Waals surface area contributed by atoms with Gasteiger partial charge in [0.05, 0.1) is 7.05 Å². The molecule has 22 heavy (non-hydrogen) atoms. The number of nitrogens with one attached hydrogen (secondary N) is 2. The van der Waals surface area contributed by atoms with Crippen LogP contribution in [0.15, 0.2) is 48.5 Å². The Morgan fingerprint density at radius 2 is 1.91 bits per heavy atom. The molecule has 5 nitrogen and oxygen atoms in total. The number of carbonyl (C=O) groups is 1. The van der Waals surface area contributed by atoms with Gasteiger partial charge in [-0.3, -0.25) is 4.79 Å². The topological polar surface area (TPSA) is 52.0 Å². The van der Waals surface area contributed by atoms with Gasteiger partial charge in [-0.2, -0.15) is 0 Å². The van der Waals surface area contributed by atoms with Crippen molar-refractivity contribution in [3.63, 3.8) is 0 Å². The van der Waals surface area contributed by atoms with E-state index in [0.29, 0.717) is 6.54 Å². The minimum Gasteiger partial charge on any atom is -0.454 e. The van der Waals surface area contributed by atoms with Crippen LogP contribution in [-0.2, 0) is 11.3 Å². The molecular weight excluding hydrogens is 280 g/mol. The molecule has 0 aliphatic carbocycles. The Kier molecular flexibility index (Phi) is 4.25. The fraction of sp³-hybridized carbons (Fsp3) is 0.235. The number of benzene rings is 2. The summed E-state index contributed by atoms with van der Waals surface area (Å²) in [5.74, 6) is 1.56. The van der Waals surface area contributed by atoms with E-state index in [1.165, 1.54) is 0 Å². The van der Waals surface area contributed by atoms with Gasteiger partial charge in [-0.05, 0) is 30.3 Å². The minimum atomic E-state index is 0.00411. The molecular formula is C17H19N2O3+. The number of anilines is 1. The summed E-state index contributed by atoms with van der Waals surface area (Å²) in [5.41, 5.74) is 1.94. The third-order valence-electron chi connectivity index (χ3n) is 3.46. The molecule has 1 heterocycles. The minimum absolute atomic E-state index is 0.00411. The normalized spacial score (nSPS) is 13.7. The molecule has 1 atom stereocenters. The van der Waals surface area contributed by atoms with Gasteiger partial charge in [0.15, 0.2) is 18.0 Å². The number of hydrogen-bond acceptors (Lipinski definition) is 3. The first kappa shape index (κ1) is 14.4. The third kappa shape index (κ3) is 3.56. The number of fused-ring (bicyclic) bond motifs is 1. The average Bonchev–Trinajstić information content (AvgIpc) is 2.95. The van der Waals surface area contributed by atoms with E-state index in [0.717, 1.165) is 34.2 Å². The molecule has 0 aromatic heterocycles. The van der Waals surface area contributed by atoms with Crippen LogP contribution in [0.1, 0.15) is 5.56 Å². The second-order valence-electron chi connectivity index (χ2n) is 5.41. The Bertz CT molecular complexity index is 658. The predicted molar refractivity (Wildman–Crippen MR) is 83.1 cm³/mol. The molecule has 2 N–H and O–H groups in total. The van der Waals surface area contributed by atoms with Crippen molar-refractivity contribution in [2.45, 2.75) is 6.54 Å². The SMILES string of the molecule is C[NH+](CC(=O)Nc1ccccc1)Cc1ccc2c(c1)OCO2. The van der Waals surface area contributed by atoms with Crippen LogP contribution in [0.2, 0.25) is 0 Å². The summed E-state index contributed by atoms with van der Waals surface area (Å²) in [7, 11) is 2.00. The summed E-state index contributed by atoms with van der Waals surface area (Å²) in [6.07, 6.45) is 0. The third-order valence-corrected chi connectivity index (χ3v) is 3.46. The van der Waals surface area contributed by atoms with Gasteiger partial charge >= 0.3 is 0 Å². The summed E-state index contributed by atoms with van der Waals surface area (Å²) in [6.45, 7) is 1.43. The Balaban J connectivity index is 1.54. The first-order valence-corrected chi connectivity index (χ1v) is 7.25. The smallest absolute Gasteiger partial charge is 0.279 e. The van der Waals surface area contributed by atoms with Crippen molar-refractivity contribution in [1.29, 1.82) is 0 Å². The zero-order chi connectivity index (χ0) is 15.4. The van der Waals surface area contributed by atoms with Gasteiger partial charge in [-0.15, -0.1) is 0 Å². The van der Waals surface area contributed by atoms with Gasteiger partial charge in [0.25, 0.3) is 5.91 Å². The Morgan fingerprint density at radius 3 is 2.73 bits per heavy atom. The Morgan fingerprint density at radius 1 is 1.14 bits per heavy atom. The summed E-state index contributed by atoms with van der Waals surface area (Å²) in [4.78, 5) is 13.1. The van der Waals surface area contributed by atoms with Gasteiger partial charge < -0.3 is 19.7 Å². The lowest BCUT2D eigenvalue weighted by molar-refractivity contribution is -0.885. The highest BCUT2D eigenvalue weighted by molar-refractivity contribution is 5.91. The molecule has 0 spiro atoms. The number of ether oxygens (including phenoxy) is 2. The van der Waals surface area contributed by atoms with Crippen LogP contribution in [0.4, 0.5) is 5.69 Å². The highest BCUT2D eigenvalue weighted by atomic mass is 16.7. The number of hydrogen-bond donors (Lipinski definition) is 2. The lowest BCUT2D eigenvalue weighted by Gasteiger charge is -2.14. The Labute approximate surface area is 129 Å². The molecule has 1 aliphatic rings. The first-order chi connectivity index (χ1) is 10.7. The van der Waals surface area contributed by atoms with Crippen molar-refractivity contribution >= 4 is 11.6 Å². The fourth-order valence-corrected chi connectivity index (χ4v) is 2.46. The number of carbonyl (C=O) groups excluding carboxylic acids is 1. The van der Waals surface area contributed by atoms with Gasteiger partial charge in [0.2, 0.25) is 6.79 Å².